The van der Waals surface area contributed by atoms with Crippen LogP contribution in [0, 0.1) is 5.92 Å². The van der Waals surface area contributed by atoms with Crippen LogP contribution in [0.3, 0.4) is 0 Å². The fourth-order valence-corrected chi connectivity index (χ4v) is 3.01. The molecule has 0 aromatic rings. The highest BCUT2D eigenvalue weighted by atomic mass is 16.5. The molecule has 1 atom stereocenters. The molecule has 3 fully saturated rings. The number of rotatable bonds is 4. The predicted octanol–water partition coefficient (Wildman–Crippen LogP) is 1.07. The summed E-state index contributed by atoms with van der Waals surface area (Å²) in [4.78, 5) is 25.6. The minimum Gasteiger partial charge on any atom is -0.378 e. The zero-order valence-electron chi connectivity index (χ0n) is 12.0. The third-order valence-corrected chi connectivity index (χ3v) is 4.55. The molecule has 3 aliphatic rings. The average Bonchev–Trinajstić information content (AvgIpc) is 3.29. The van der Waals surface area contributed by atoms with Crippen molar-refractivity contribution in [1.82, 2.24) is 10.2 Å². The number of ether oxygens (including phenoxy) is 1. The Balaban J connectivity index is 1.42. The number of piperidine rings is 2. The molecule has 112 valence electrons. The van der Waals surface area contributed by atoms with Gasteiger partial charge in [0.1, 0.15) is 6.04 Å². The van der Waals surface area contributed by atoms with Gasteiger partial charge in [-0.05, 0) is 44.4 Å². The van der Waals surface area contributed by atoms with Gasteiger partial charge in [-0.3, -0.25) is 9.59 Å². The Morgan fingerprint density at radius 2 is 1.95 bits per heavy atom. The minimum absolute atomic E-state index is 0.0113. The van der Waals surface area contributed by atoms with Crippen molar-refractivity contribution in [3.05, 3.63) is 0 Å². The summed E-state index contributed by atoms with van der Waals surface area (Å²) < 4.78 is 5.89. The highest BCUT2D eigenvalue weighted by Gasteiger charge is 2.31. The first-order valence-electron chi connectivity index (χ1n) is 7.92. The van der Waals surface area contributed by atoms with Crippen LogP contribution in [0.25, 0.3) is 0 Å². The molecular formula is C15H24N2O3. The van der Waals surface area contributed by atoms with Gasteiger partial charge in [0.2, 0.25) is 11.8 Å². The lowest BCUT2D eigenvalue weighted by atomic mass is 10.0. The summed E-state index contributed by atoms with van der Waals surface area (Å²) in [5.74, 6) is 0.906. The topological polar surface area (TPSA) is 58.6 Å². The van der Waals surface area contributed by atoms with Crippen LogP contribution in [-0.4, -0.2) is 48.6 Å². The highest BCUT2D eigenvalue weighted by molar-refractivity contribution is 5.88. The number of likely N-dealkylation sites (tertiary alicyclic amines) is 1. The van der Waals surface area contributed by atoms with Gasteiger partial charge in [-0.1, -0.05) is 0 Å². The first kappa shape index (κ1) is 13.9. The summed E-state index contributed by atoms with van der Waals surface area (Å²) in [6, 6.07) is -0.291. The largest absolute Gasteiger partial charge is 0.378 e. The molecule has 3 rings (SSSR count). The summed E-state index contributed by atoms with van der Waals surface area (Å²) in [7, 11) is 0. The standard InChI is InChI=1S/C15H24N2O3/c18-14-3-1-2-13(16-14)15(19)17-8-6-12(7-9-17)20-10-11-4-5-11/h11-13H,1-10H2,(H,16,18)/t13-/m1/s1. The molecule has 2 aliphatic heterocycles. The van der Waals surface area contributed by atoms with E-state index in [4.69, 9.17) is 4.74 Å². The monoisotopic (exact) mass is 280 g/mol. The molecule has 5 heteroatoms. The van der Waals surface area contributed by atoms with Crippen molar-refractivity contribution >= 4 is 11.8 Å². The summed E-state index contributed by atoms with van der Waals surface area (Å²) in [5.41, 5.74) is 0. The van der Waals surface area contributed by atoms with Crippen molar-refractivity contribution in [2.75, 3.05) is 19.7 Å². The van der Waals surface area contributed by atoms with Gasteiger partial charge in [0.05, 0.1) is 6.10 Å². The van der Waals surface area contributed by atoms with Gasteiger partial charge >= 0.3 is 0 Å². The quantitative estimate of drug-likeness (QED) is 0.838. The maximum Gasteiger partial charge on any atom is 0.245 e. The van der Waals surface area contributed by atoms with E-state index in [1.807, 2.05) is 4.90 Å². The van der Waals surface area contributed by atoms with Crippen molar-refractivity contribution in [3.63, 3.8) is 0 Å². The van der Waals surface area contributed by atoms with E-state index < -0.39 is 0 Å². The van der Waals surface area contributed by atoms with E-state index in [0.29, 0.717) is 12.5 Å². The van der Waals surface area contributed by atoms with Crippen LogP contribution >= 0.6 is 0 Å². The molecule has 0 aromatic heterocycles. The summed E-state index contributed by atoms with van der Waals surface area (Å²) in [6.07, 6.45) is 6.98. The molecule has 1 aliphatic carbocycles. The highest BCUT2D eigenvalue weighted by Crippen LogP contribution is 2.30. The zero-order valence-corrected chi connectivity index (χ0v) is 12.0. The number of nitrogens with zero attached hydrogens (tertiary/aromatic N) is 1. The molecule has 5 nitrogen and oxygen atoms in total. The Morgan fingerprint density at radius 3 is 2.60 bits per heavy atom. The van der Waals surface area contributed by atoms with E-state index in [9.17, 15) is 9.59 Å². The Bertz CT molecular complexity index is 373. The molecule has 2 heterocycles. The SMILES string of the molecule is O=C1CCC[C@H](C(=O)N2CCC(OCC3CC3)CC2)N1. The van der Waals surface area contributed by atoms with Crippen molar-refractivity contribution in [2.24, 2.45) is 5.92 Å². The van der Waals surface area contributed by atoms with Gasteiger partial charge in [-0.25, -0.2) is 0 Å². The molecular weight excluding hydrogens is 256 g/mol. The van der Waals surface area contributed by atoms with Gasteiger partial charge in [-0.15, -0.1) is 0 Å². The zero-order chi connectivity index (χ0) is 13.9. The van der Waals surface area contributed by atoms with E-state index in [-0.39, 0.29) is 17.9 Å². The van der Waals surface area contributed by atoms with Gasteiger partial charge in [0.25, 0.3) is 0 Å². The molecule has 0 radical (unpaired) electrons. The Hall–Kier alpha value is -1.10. The maximum atomic E-state index is 12.4. The van der Waals surface area contributed by atoms with Gasteiger partial charge in [0.15, 0.2) is 0 Å². The van der Waals surface area contributed by atoms with Crippen molar-refractivity contribution in [3.8, 4) is 0 Å². The number of nitrogens with one attached hydrogen (secondary N) is 1. The van der Waals surface area contributed by atoms with E-state index in [0.717, 1.165) is 51.3 Å². The number of amides is 2. The molecule has 0 aromatic carbocycles. The van der Waals surface area contributed by atoms with Crippen LogP contribution in [0.15, 0.2) is 0 Å². The Morgan fingerprint density at radius 1 is 1.20 bits per heavy atom. The fourth-order valence-electron chi connectivity index (χ4n) is 3.01. The van der Waals surface area contributed by atoms with E-state index in [2.05, 4.69) is 5.32 Å². The maximum absolute atomic E-state index is 12.4. The molecule has 0 spiro atoms. The number of hydrogen-bond acceptors (Lipinski definition) is 3. The number of carbonyl (C=O) groups is 2. The Labute approximate surface area is 120 Å². The normalized spacial score (nSPS) is 28.3. The van der Waals surface area contributed by atoms with Gasteiger partial charge in [-0.2, -0.15) is 0 Å². The molecule has 1 N–H and O–H groups in total. The van der Waals surface area contributed by atoms with E-state index in [1.54, 1.807) is 0 Å². The Kier molecular flexibility index (Phi) is 4.24. The first-order valence-corrected chi connectivity index (χ1v) is 7.92. The third-order valence-electron chi connectivity index (χ3n) is 4.55. The van der Waals surface area contributed by atoms with Gasteiger partial charge in [0, 0.05) is 26.1 Å². The molecule has 1 saturated carbocycles. The molecule has 0 unspecified atom stereocenters. The summed E-state index contributed by atoms with van der Waals surface area (Å²) >= 11 is 0. The number of carbonyl (C=O) groups excluding carboxylic acids is 2. The molecule has 2 amide bonds. The van der Waals surface area contributed by atoms with Crippen molar-refractivity contribution < 1.29 is 14.3 Å². The second-order valence-corrected chi connectivity index (χ2v) is 6.31. The summed E-state index contributed by atoms with van der Waals surface area (Å²) in [6.45, 7) is 2.43. The molecule has 0 bridgehead atoms. The van der Waals surface area contributed by atoms with Gasteiger partial charge < -0.3 is 15.0 Å². The lowest BCUT2D eigenvalue weighted by Gasteiger charge is -2.35. The smallest absolute Gasteiger partial charge is 0.245 e. The van der Waals surface area contributed by atoms with Crippen LogP contribution in [0.5, 0.6) is 0 Å². The predicted molar refractivity (Wildman–Crippen MR) is 74.1 cm³/mol. The van der Waals surface area contributed by atoms with Crippen molar-refractivity contribution in [2.45, 2.75) is 57.1 Å². The average molecular weight is 280 g/mol. The van der Waals surface area contributed by atoms with E-state index >= 15 is 0 Å². The lowest BCUT2D eigenvalue weighted by Crippen LogP contribution is -2.52. The van der Waals surface area contributed by atoms with Crippen molar-refractivity contribution in [1.29, 1.82) is 0 Å². The van der Waals surface area contributed by atoms with Crippen LogP contribution in [-0.2, 0) is 14.3 Å². The third kappa shape index (κ3) is 3.51. The number of hydrogen-bond donors (Lipinski definition) is 1. The van der Waals surface area contributed by atoms with Crippen LogP contribution < -0.4 is 5.32 Å². The lowest BCUT2D eigenvalue weighted by molar-refractivity contribution is -0.140. The summed E-state index contributed by atoms with van der Waals surface area (Å²) in [5, 5.41) is 2.81. The molecule has 2 saturated heterocycles. The van der Waals surface area contributed by atoms with Crippen LogP contribution in [0.4, 0.5) is 0 Å². The van der Waals surface area contributed by atoms with Crippen LogP contribution in [0.1, 0.15) is 44.9 Å². The van der Waals surface area contributed by atoms with Crippen LogP contribution in [0.2, 0.25) is 0 Å². The minimum atomic E-state index is -0.291. The second kappa shape index (κ2) is 6.12. The first-order chi connectivity index (χ1) is 9.72. The fraction of sp³-hybridized carbons (Fsp3) is 0.867. The molecule has 20 heavy (non-hydrogen) atoms. The van der Waals surface area contributed by atoms with E-state index in [1.165, 1.54) is 12.8 Å². The second-order valence-electron chi connectivity index (χ2n) is 6.31.